The minimum atomic E-state index is -7.98. The molecule has 54 heavy (non-hydrogen) atoms. The van der Waals surface area contributed by atoms with E-state index in [1.54, 1.807) is 36.4 Å². The maximum absolute atomic E-state index is 14.0. The highest BCUT2D eigenvalue weighted by molar-refractivity contribution is 5.91. The van der Waals surface area contributed by atoms with E-state index < -0.39 is 66.5 Å². The second-order valence-corrected chi connectivity index (χ2v) is 12.2. The van der Waals surface area contributed by atoms with Crippen LogP contribution in [-0.2, 0) is 4.74 Å². The van der Waals surface area contributed by atoms with Crippen LogP contribution in [0, 0.1) is 0 Å². The zero-order valence-electron chi connectivity index (χ0n) is 28.4. The number of carbonyl (C=O) groups excluding carboxylic acids is 2. The minimum absolute atomic E-state index is 0.0794. The van der Waals surface area contributed by atoms with E-state index in [4.69, 9.17) is 9.47 Å². The molecule has 0 saturated heterocycles. The van der Waals surface area contributed by atoms with Crippen LogP contribution in [-0.4, -0.2) is 60.4 Å². The van der Waals surface area contributed by atoms with Gasteiger partial charge in [0.2, 0.25) is 0 Å². The monoisotopic (exact) mass is 792 g/mol. The van der Waals surface area contributed by atoms with Gasteiger partial charge in [-0.15, -0.1) is 0 Å². The average Bonchev–Trinajstić information content (AvgIpc) is 3.10. The molecule has 1 atom stereocenters. The third kappa shape index (κ3) is 9.58. The Hall–Kier alpha value is -4.51. The van der Waals surface area contributed by atoms with Crippen LogP contribution < -0.4 is 9.47 Å². The molecule has 0 fully saturated rings. The van der Waals surface area contributed by atoms with Gasteiger partial charge in [0, 0.05) is 0 Å². The zero-order valence-corrected chi connectivity index (χ0v) is 28.4. The van der Waals surface area contributed by atoms with Crippen LogP contribution in [0.3, 0.4) is 0 Å². The molecule has 3 aromatic rings. The Morgan fingerprint density at radius 2 is 1.04 bits per heavy atom. The van der Waals surface area contributed by atoms with E-state index >= 15 is 0 Å². The molecule has 0 amide bonds. The highest BCUT2D eigenvalue weighted by atomic mass is 19.4. The number of benzene rings is 3. The molecule has 3 rings (SSSR count). The summed E-state index contributed by atoms with van der Waals surface area (Å²) in [5, 5.41) is 0. The highest BCUT2D eigenvalue weighted by Gasteiger charge is 2.90. The summed E-state index contributed by atoms with van der Waals surface area (Å²) in [6, 6.07) is 16.6. The molecule has 0 saturated carbocycles. The lowest BCUT2D eigenvalue weighted by Gasteiger charge is -2.39. The lowest BCUT2D eigenvalue weighted by atomic mass is 9.93. The average molecular weight is 793 g/mol. The van der Waals surface area contributed by atoms with E-state index in [9.17, 15) is 66.7 Å². The van der Waals surface area contributed by atoms with Crippen LogP contribution in [0.25, 0.3) is 11.1 Å². The van der Waals surface area contributed by atoms with Crippen LogP contribution in [0.2, 0.25) is 0 Å². The molecule has 298 valence electrons. The number of alkyl halides is 13. The largest absolute Gasteiger partial charge is 0.493 e. The van der Waals surface area contributed by atoms with E-state index in [0.717, 1.165) is 61.9 Å². The summed E-state index contributed by atoms with van der Waals surface area (Å²) >= 11 is 0. The van der Waals surface area contributed by atoms with Gasteiger partial charge in [-0.1, -0.05) is 50.5 Å². The fourth-order valence-electron chi connectivity index (χ4n) is 4.79. The van der Waals surface area contributed by atoms with Crippen molar-refractivity contribution in [3.05, 3.63) is 83.9 Å². The van der Waals surface area contributed by atoms with Crippen molar-refractivity contribution in [1.29, 1.82) is 0 Å². The van der Waals surface area contributed by atoms with Crippen LogP contribution in [0.4, 0.5) is 57.1 Å². The summed E-state index contributed by atoms with van der Waals surface area (Å²) in [6.07, 6.45) is -5.25. The number of carbonyl (C=O) groups is 2. The lowest BCUT2D eigenvalue weighted by Crippen LogP contribution is -2.70. The Kier molecular flexibility index (Phi) is 13.7. The van der Waals surface area contributed by atoms with Gasteiger partial charge < -0.3 is 14.2 Å². The molecule has 0 unspecified atom stereocenters. The quantitative estimate of drug-likeness (QED) is 0.0556. The predicted molar refractivity (Wildman–Crippen MR) is 168 cm³/mol. The van der Waals surface area contributed by atoms with Gasteiger partial charge in [0.25, 0.3) is 0 Å². The molecule has 3 aromatic carbocycles. The van der Waals surface area contributed by atoms with Gasteiger partial charge in [-0.05, 0) is 79.4 Å². The molecule has 5 nitrogen and oxygen atoms in total. The van der Waals surface area contributed by atoms with Crippen molar-refractivity contribution in [3.8, 4) is 22.6 Å². The maximum Gasteiger partial charge on any atom is 0.460 e. The van der Waals surface area contributed by atoms with Gasteiger partial charge in [0.15, 0.2) is 0 Å². The fraction of sp³-hybridized carbons (Fsp3) is 0.444. The first-order valence-electron chi connectivity index (χ1n) is 16.2. The Bertz CT molecular complexity index is 1690. The lowest BCUT2D eigenvalue weighted by molar-refractivity contribution is -0.440. The minimum Gasteiger partial charge on any atom is -0.493 e. The first kappa shape index (κ1) is 43.9. The Balaban J connectivity index is 1.55. The van der Waals surface area contributed by atoms with Crippen LogP contribution in [0.15, 0.2) is 72.8 Å². The van der Waals surface area contributed by atoms with Crippen molar-refractivity contribution in [2.24, 2.45) is 0 Å². The van der Waals surface area contributed by atoms with Crippen molar-refractivity contribution < 1.29 is 80.9 Å². The maximum atomic E-state index is 14.0. The van der Waals surface area contributed by atoms with Crippen LogP contribution in [0.1, 0.15) is 73.1 Å². The van der Waals surface area contributed by atoms with Gasteiger partial charge in [0.05, 0.1) is 30.3 Å². The number of ether oxygens (including phenoxy) is 3. The summed E-state index contributed by atoms with van der Waals surface area (Å²) in [7, 11) is 0. The summed E-state index contributed by atoms with van der Waals surface area (Å²) in [5.74, 6) is -39.1. The van der Waals surface area contributed by atoms with E-state index in [1.165, 1.54) is 12.1 Å². The van der Waals surface area contributed by atoms with Gasteiger partial charge in [0.1, 0.15) is 11.5 Å². The highest BCUT2D eigenvalue weighted by Crippen LogP contribution is 2.60. The Morgan fingerprint density at radius 1 is 0.574 bits per heavy atom. The molecule has 0 N–H and O–H groups in total. The molecular formula is C36H33F13O5. The molecule has 0 bridgehead atoms. The number of esters is 2. The summed E-state index contributed by atoms with van der Waals surface area (Å²) < 4.78 is 188. The smallest absolute Gasteiger partial charge is 0.460 e. The second-order valence-electron chi connectivity index (χ2n) is 12.2. The van der Waals surface area contributed by atoms with E-state index in [2.05, 4.69) is 11.7 Å². The van der Waals surface area contributed by atoms with Gasteiger partial charge in [-0.3, -0.25) is 0 Å². The van der Waals surface area contributed by atoms with Crippen molar-refractivity contribution in [2.75, 3.05) is 6.61 Å². The summed E-state index contributed by atoms with van der Waals surface area (Å²) in [5.41, 5.74) is 1.63. The molecule has 0 spiro atoms. The SMILES string of the molecule is CCCCCC[C@H](C)OC(=O)c1ccc(-c2ccc(OC(=O)c3ccc(OCCC(F)(F)C(F)(F)C(F)(F)C(F)(F)C(F)(F)C(F)(F)F)cc3)cc2)cc1. The normalized spacial score (nSPS) is 13.7. The predicted octanol–water partition coefficient (Wildman–Crippen LogP) is 11.6. The van der Waals surface area contributed by atoms with Crippen molar-refractivity contribution in [2.45, 2.75) is 94.3 Å². The Labute approximate surface area is 300 Å². The third-order valence-corrected chi connectivity index (χ3v) is 8.06. The molecule has 0 radical (unpaired) electrons. The molecule has 0 aliphatic carbocycles. The van der Waals surface area contributed by atoms with Crippen molar-refractivity contribution in [1.82, 2.24) is 0 Å². The molecule has 0 heterocycles. The number of hydrogen-bond acceptors (Lipinski definition) is 5. The number of unbranched alkanes of at least 4 members (excludes halogenated alkanes) is 3. The topological polar surface area (TPSA) is 61.8 Å². The van der Waals surface area contributed by atoms with Crippen LogP contribution >= 0.6 is 0 Å². The Morgan fingerprint density at radius 3 is 1.56 bits per heavy atom. The summed E-state index contributed by atoms with van der Waals surface area (Å²) in [4.78, 5) is 25.0. The third-order valence-electron chi connectivity index (χ3n) is 8.06. The standard InChI is InChI=1S/C36H33F13O5/c1-3-4-5-6-7-22(2)53-29(50)25-10-8-23(9-11-25)24-12-18-28(19-13-24)54-30(51)26-14-16-27(17-15-26)52-21-20-31(37,38)32(39,40)33(41,42)34(43,44)35(45,46)36(47,48)49/h8-19,22H,3-7,20-21H2,1-2H3/t22-/m0/s1. The van der Waals surface area contributed by atoms with Crippen LogP contribution in [0.5, 0.6) is 11.5 Å². The van der Waals surface area contributed by atoms with E-state index in [0.29, 0.717) is 11.1 Å². The van der Waals surface area contributed by atoms with Crippen molar-refractivity contribution >= 4 is 11.9 Å². The van der Waals surface area contributed by atoms with Gasteiger partial charge >= 0.3 is 47.7 Å². The molecule has 0 aliphatic heterocycles. The van der Waals surface area contributed by atoms with E-state index in [1.807, 2.05) is 6.92 Å². The molecular weight excluding hydrogens is 759 g/mol. The number of hydrogen-bond donors (Lipinski definition) is 0. The number of halogens is 13. The fourth-order valence-corrected chi connectivity index (χ4v) is 4.79. The summed E-state index contributed by atoms with van der Waals surface area (Å²) in [6.45, 7) is 2.30. The van der Waals surface area contributed by atoms with Gasteiger partial charge in [-0.2, -0.15) is 57.1 Å². The number of rotatable bonds is 18. The van der Waals surface area contributed by atoms with E-state index in [-0.39, 0.29) is 17.4 Å². The van der Waals surface area contributed by atoms with Crippen molar-refractivity contribution in [3.63, 3.8) is 0 Å². The first-order valence-corrected chi connectivity index (χ1v) is 16.2. The second kappa shape index (κ2) is 16.9. The molecule has 18 heteroatoms. The van der Waals surface area contributed by atoms with Gasteiger partial charge in [-0.25, -0.2) is 9.59 Å². The zero-order chi connectivity index (χ0) is 40.8. The molecule has 0 aliphatic rings. The first-order chi connectivity index (χ1) is 24.9. The molecule has 0 aromatic heterocycles.